The molecule has 3 atom stereocenters. The average molecular weight is 276 g/mol. The van der Waals surface area contributed by atoms with Gasteiger partial charge in [-0.05, 0) is 19.4 Å². The van der Waals surface area contributed by atoms with Crippen LogP contribution in [0.5, 0.6) is 0 Å². The van der Waals surface area contributed by atoms with Gasteiger partial charge in [-0.1, -0.05) is 30.3 Å². The summed E-state index contributed by atoms with van der Waals surface area (Å²) in [7, 11) is 0. The number of carbonyl (C=O) groups excluding carboxylic acids is 2. The van der Waals surface area contributed by atoms with Crippen molar-refractivity contribution in [1.29, 1.82) is 0 Å². The molecule has 1 aliphatic rings. The molecule has 0 bridgehead atoms. The van der Waals surface area contributed by atoms with E-state index in [1.807, 2.05) is 30.3 Å². The highest BCUT2D eigenvalue weighted by Gasteiger charge is 2.49. The lowest BCUT2D eigenvalue weighted by molar-refractivity contribution is -0.140. The molecular weight excluding hydrogens is 256 g/mol. The number of benzene rings is 1. The summed E-state index contributed by atoms with van der Waals surface area (Å²) in [6, 6.07) is 8.65. The van der Waals surface area contributed by atoms with Crippen LogP contribution in [0, 0.1) is 0 Å². The summed E-state index contributed by atoms with van der Waals surface area (Å²) >= 11 is 0. The van der Waals surface area contributed by atoms with Crippen LogP contribution in [0.4, 0.5) is 0 Å². The van der Waals surface area contributed by atoms with E-state index in [1.54, 1.807) is 13.8 Å². The molecule has 0 aliphatic carbocycles. The fraction of sp³-hybridized carbons (Fsp3) is 0.467. The molecule has 0 aromatic heterocycles. The lowest BCUT2D eigenvalue weighted by atomic mass is 9.81. The van der Waals surface area contributed by atoms with Crippen LogP contribution in [-0.4, -0.2) is 40.5 Å². The molecule has 0 spiro atoms. The van der Waals surface area contributed by atoms with Crippen LogP contribution in [0.3, 0.4) is 0 Å². The van der Waals surface area contributed by atoms with E-state index in [1.165, 1.54) is 4.90 Å². The summed E-state index contributed by atoms with van der Waals surface area (Å²) in [5.74, 6) is -0.484. The normalized spacial score (nSPS) is 25.9. The number of likely N-dealkylation sites (tertiary alicyclic amines) is 1. The van der Waals surface area contributed by atoms with Crippen molar-refractivity contribution in [2.45, 2.75) is 37.8 Å². The third-order valence-corrected chi connectivity index (χ3v) is 3.95. The fourth-order valence-electron chi connectivity index (χ4n) is 2.46. The number of carbonyl (C=O) groups is 2. The second-order valence-electron chi connectivity index (χ2n) is 5.59. The first-order chi connectivity index (χ1) is 9.36. The van der Waals surface area contributed by atoms with Crippen molar-refractivity contribution in [2.24, 2.45) is 5.73 Å². The zero-order valence-electron chi connectivity index (χ0n) is 11.7. The summed E-state index contributed by atoms with van der Waals surface area (Å²) in [6.45, 7) is 3.38. The van der Waals surface area contributed by atoms with Crippen molar-refractivity contribution < 1.29 is 14.7 Å². The number of aliphatic hydroxyl groups is 1. The van der Waals surface area contributed by atoms with E-state index in [0.717, 1.165) is 5.56 Å². The number of aliphatic hydroxyl groups excluding tert-OH is 1. The minimum atomic E-state index is -0.837. The molecule has 5 heteroatoms. The van der Waals surface area contributed by atoms with Gasteiger partial charge in [0.25, 0.3) is 0 Å². The van der Waals surface area contributed by atoms with Crippen LogP contribution in [-0.2, 0) is 15.0 Å². The Hall–Kier alpha value is -1.72. The predicted octanol–water partition coefficient (Wildman–Crippen LogP) is 0.411. The minimum absolute atomic E-state index is 0.0533. The van der Waals surface area contributed by atoms with Crippen molar-refractivity contribution >= 4 is 11.8 Å². The molecule has 0 saturated carbocycles. The summed E-state index contributed by atoms with van der Waals surface area (Å²) in [5.41, 5.74) is 5.74. The minimum Gasteiger partial charge on any atom is -0.392 e. The summed E-state index contributed by atoms with van der Waals surface area (Å²) in [4.78, 5) is 25.8. The quantitative estimate of drug-likeness (QED) is 0.780. The van der Waals surface area contributed by atoms with Crippen LogP contribution < -0.4 is 5.73 Å². The number of hydrogen-bond acceptors (Lipinski definition) is 4. The van der Waals surface area contributed by atoms with E-state index in [-0.39, 0.29) is 24.8 Å². The zero-order chi connectivity index (χ0) is 14.9. The molecule has 1 aliphatic heterocycles. The van der Waals surface area contributed by atoms with Gasteiger partial charge in [0.1, 0.15) is 0 Å². The van der Waals surface area contributed by atoms with Gasteiger partial charge in [-0.2, -0.15) is 0 Å². The molecule has 108 valence electrons. The van der Waals surface area contributed by atoms with E-state index in [2.05, 4.69) is 0 Å². The number of imide groups is 1. The van der Waals surface area contributed by atoms with E-state index in [0.29, 0.717) is 0 Å². The number of rotatable bonds is 4. The molecule has 3 unspecified atom stereocenters. The van der Waals surface area contributed by atoms with Gasteiger partial charge in [0.15, 0.2) is 0 Å². The second-order valence-corrected chi connectivity index (χ2v) is 5.59. The Morgan fingerprint density at radius 2 is 1.95 bits per heavy atom. The Morgan fingerprint density at radius 3 is 2.50 bits per heavy atom. The molecule has 5 nitrogen and oxygen atoms in total. The van der Waals surface area contributed by atoms with Crippen molar-refractivity contribution in [3.63, 3.8) is 0 Å². The first-order valence-electron chi connectivity index (χ1n) is 6.70. The van der Waals surface area contributed by atoms with Gasteiger partial charge in [-0.3, -0.25) is 14.5 Å². The molecule has 1 aromatic rings. The molecule has 2 rings (SSSR count). The van der Waals surface area contributed by atoms with E-state index >= 15 is 0 Å². The Morgan fingerprint density at radius 1 is 1.35 bits per heavy atom. The Kier molecular flexibility index (Phi) is 3.92. The first-order valence-corrected chi connectivity index (χ1v) is 6.70. The van der Waals surface area contributed by atoms with Crippen LogP contribution in [0.25, 0.3) is 0 Å². The average Bonchev–Trinajstić information content (AvgIpc) is 2.64. The second kappa shape index (κ2) is 5.34. The Balaban J connectivity index is 2.25. The van der Waals surface area contributed by atoms with Gasteiger partial charge in [0.05, 0.1) is 11.5 Å². The molecular formula is C15H20N2O3. The molecule has 1 aromatic carbocycles. The highest BCUT2D eigenvalue weighted by Crippen LogP contribution is 2.36. The van der Waals surface area contributed by atoms with E-state index in [4.69, 9.17) is 5.73 Å². The first kappa shape index (κ1) is 14.7. The van der Waals surface area contributed by atoms with Crippen LogP contribution in [0.1, 0.15) is 25.8 Å². The summed E-state index contributed by atoms with van der Waals surface area (Å²) < 4.78 is 0. The fourth-order valence-corrected chi connectivity index (χ4v) is 2.46. The lowest BCUT2D eigenvalue weighted by Crippen LogP contribution is -2.47. The van der Waals surface area contributed by atoms with Crippen LogP contribution in [0.2, 0.25) is 0 Å². The summed E-state index contributed by atoms with van der Waals surface area (Å²) in [5, 5.41) is 9.43. The van der Waals surface area contributed by atoms with Gasteiger partial charge < -0.3 is 10.8 Å². The highest BCUT2D eigenvalue weighted by molar-refractivity contribution is 6.08. The monoisotopic (exact) mass is 276 g/mol. The highest BCUT2D eigenvalue weighted by atomic mass is 16.3. The third-order valence-electron chi connectivity index (χ3n) is 3.95. The van der Waals surface area contributed by atoms with Crippen LogP contribution in [0.15, 0.2) is 30.3 Å². The third kappa shape index (κ3) is 2.46. The standard InChI is InChI=1S/C15H20N2O3/c1-10(18)12(16)9-17-13(19)8-15(2,14(17)20)11-6-4-3-5-7-11/h3-7,10,12,18H,8-9,16H2,1-2H3. The number of hydrogen-bond donors (Lipinski definition) is 2. The number of nitrogens with two attached hydrogens (primary N) is 1. The van der Waals surface area contributed by atoms with E-state index < -0.39 is 17.6 Å². The smallest absolute Gasteiger partial charge is 0.240 e. The Bertz CT molecular complexity index is 515. The molecule has 1 fully saturated rings. The van der Waals surface area contributed by atoms with Crippen molar-refractivity contribution in [1.82, 2.24) is 4.90 Å². The van der Waals surface area contributed by atoms with Gasteiger partial charge >= 0.3 is 0 Å². The molecule has 1 saturated heterocycles. The molecule has 20 heavy (non-hydrogen) atoms. The molecule has 3 N–H and O–H groups in total. The number of amides is 2. The van der Waals surface area contributed by atoms with Crippen molar-refractivity contribution in [3.05, 3.63) is 35.9 Å². The zero-order valence-corrected chi connectivity index (χ0v) is 11.7. The van der Waals surface area contributed by atoms with Gasteiger partial charge in [0, 0.05) is 19.0 Å². The molecule has 0 radical (unpaired) electrons. The largest absolute Gasteiger partial charge is 0.392 e. The summed E-state index contributed by atoms with van der Waals surface area (Å²) in [6.07, 6.45) is -0.623. The van der Waals surface area contributed by atoms with E-state index in [9.17, 15) is 14.7 Å². The van der Waals surface area contributed by atoms with Gasteiger partial charge in [-0.25, -0.2) is 0 Å². The Labute approximate surface area is 118 Å². The van der Waals surface area contributed by atoms with Gasteiger partial charge in [-0.15, -0.1) is 0 Å². The maximum atomic E-state index is 12.6. The topological polar surface area (TPSA) is 83.6 Å². The van der Waals surface area contributed by atoms with Crippen molar-refractivity contribution in [2.75, 3.05) is 6.54 Å². The maximum Gasteiger partial charge on any atom is 0.240 e. The lowest BCUT2D eigenvalue weighted by Gasteiger charge is -2.25. The van der Waals surface area contributed by atoms with Crippen molar-refractivity contribution in [3.8, 4) is 0 Å². The van der Waals surface area contributed by atoms with Gasteiger partial charge in [0.2, 0.25) is 11.8 Å². The molecule has 2 amide bonds. The SMILES string of the molecule is CC(O)C(N)CN1C(=O)CC(C)(c2ccccc2)C1=O. The number of nitrogens with zero attached hydrogens (tertiary/aromatic N) is 1. The maximum absolute atomic E-state index is 12.6. The van der Waals surface area contributed by atoms with Crippen LogP contribution >= 0.6 is 0 Å². The molecule has 1 heterocycles. The predicted molar refractivity (Wildman–Crippen MR) is 74.8 cm³/mol.